The van der Waals surface area contributed by atoms with Crippen LogP contribution in [-0.2, 0) is 13.6 Å². The van der Waals surface area contributed by atoms with Gasteiger partial charge in [0.15, 0.2) is 5.78 Å². The molecule has 2 aromatic heterocycles. The molecule has 4 rings (SSSR count). The molecule has 0 saturated carbocycles. The molecule has 0 aliphatic heterocycles. The molecular formula is C24H26N4O5. The lowest BCUT2D eigenvalue weighted by molar-refractivity contribution is 0.100. The highest BCUT2D eigenvalue weighted by Gasteiger charge is 2.22. The number of fused-ring (bicyclic) bond motifs is 3. The summed E-state index contributed by atoms with van der Waals surface area (Å²) in [5.41, 5.74) is 6.53. The van der Waals surface area contributed by atoms with Gasteiger partial charge in [-0.25, -0.2) is 4.79 Å². The Labute approximate surface area is 189 Å². The van der Waals surface area contributed by atoms with Crippen LogP contribution < -0.4 is 27.0 Å². The average Bonchev–Trinajstić information content (AvgIpc) is 3.15. The second-order valence-electron chi connectivity index (χ2n) is 8.34. The van der Waals surface area contributed by atoms with E-state index in [4.69, 9.17) is 14.9 Å². The molecule has 0 saturated heterocycles. The number of ether oxygens (including phenoxy) is 1. The number of nitrogens with zero attached hydrogens (tertiary/aromatic N) is 2. The number of benzene rings is 2. The highest BCUT2D eigenvalue weighted by Crippen LogP contribution is 2.36. The van der Waals surface area contributed by atoms with Crippen LogP contribution in [0.4, 0.5) is 11.5 Å². The van der Waals surface area contributed by atoms with Gasteiger partial charge in [0.05, 0.1) is 19.3 Å². The molecule has 0 radical (unpaired) electrons. The molecule has 9 heteroatoms. The van der Waals surface area contributed by atoms with Crippen molar-refractivity contribution in [3.05, 3.63) is 62.8 Å². The van der Waals surface area contributed by atoms with Gasteiger partial charge in [-0.2, -0.15) is 0 Å². The minimum absolute atomic E-state index is 0.100. The second kappa shape index (κ2) is 8.50. The fourth-order valence-electron chi connectivity index (χ4n) is 3.91. The summed E-state index contributed by atoms with van der Waals surface area (Å²) >= 11 is 0. The van der Waals surface area contributed by atoms with Crippen molar-refractivity contribution >= 4 is 39.2 Å². The molecule has 172 valence electrons. The van der Waals surface area contributed by atoms with Gasteiger partial charge in [0.2, 0.25) is 0 Å². The number of nitrogen functional groups attached to an aromatic ring is 1. The number of furan rings is 1. The molecule has 0 aliphatic rings. The molecule has 0 bridgehead atoms. The Morgan fingerprint density at radius 2 is 1.88 bits per heavy atom. The summed E-state index contributed by atoms with van der Waals surface area (Å²) in [5, 5.41) is 4.86. The van der Waals surface area contributed by atoms with E-state index in [-0.39, 0.29) is 23.8 Å². The van der Waals surface area contributed by atoms with Gasteiger partial charge in [0.25, 0.3) is 5.56 Å². The van der Waals surface area contributed by atoms with Crippen molar-refractivity contribution in [2.75, 3.05) is 24.7 Å². The van der Waals surface area contributed by atoms with Crippen LogP contribution in [0.25, 0.3) is 21.9 Å². The lowest BCUT2D eigenvalue weighted by Gasteiger charge is -2.16. The number of para-hydroxylation sites is 1. The number of carbonyl (C=O) groups is 1. The molecule has 0 fully saturated rings. The number of aromatic nitrogens is 2. The van der Waals surface area contributed by atoms with E-state index in [0.29, 0.717) is 23.6 Å². The number of methoxy groups -OCH3 is 1. The quantitative estimate of drug-likeness (QED) is 0.415. The summed E-state index contributed by atoms with van der Waals surface area (Å²) in [6.07, 6.45) is 0. The number of ketones is 1. The first-order chi connectivity index (χ1) is 15.7. The lowest BCUT2D eigenvalue weighted by Crippen LogP contribution is -2.43. The molecule has 0 spiro atoms. The van der Waals surface area contributed by atoms with E-state index >= 15 is 0 Å². The van der Waals surface area contributed by atoms with Crippen LogP contribution in [0, 0.1) is 5.92 Å². The summed E-state index contributed by atoms with van der Waals surface area (Å²) in [7, 11) is 2.87. The lowest BCUT2D eigenvalue weighted by atomic mass is 10.1. The van der Waals surface area contributed by atoms with Crippen LogP contribution in [0.5, 0.6) is 5.75 Å². The van der Waals surface area contributed by atoms with Crippen LogP contribution in [-0.4, -0.2) is 28.6 Å². The van der Waals surface area contributed by atoms with Crippen LogP contribution in [0.15, 0.2) is 50.4 Å². The maximum absolute atomic E-state index is 13.0. The zero-order valence-corrected chi connectivity index (χ0v) is 19.0. The van der Waals surface area contributed by atoms with Crippen LogP contribution in [0.3, 0.4) is 0 Å². The van der Waals surface area contributed by atoms with Gasteiger partial charge in [-0.3, -0.25) is 18.7 Å². The van der Waals surface area contributed by atoms with Gasteiger partial charge in [-0.05, 0) is 18.1 Å². The first-order valence-corrected chi connectivity index (χ1v) is 10.6. The summed E-state index contributed by atoms with van der Waals surface area (Å²) < 4.78 is 13.6. The maximum atomic E-state index is 13.0. The van der Waals surface area contributed by atoms with E-state index in [2.05, 4.69) is 5.32 Å². The van der Waals surface area contributed by atoms with Gasteiger partial charge in [0.1, 0.15) is 28.3 Å². The highest BCUT2D eigenvalue weighted by molar-refractivity contribution is 6.07. The average molecular weight is 450 g/mol. The third kappa shape index (κ3) is 3.86. The monoisotopic (exact) mass is 450 g/mol. The first kappa shape index (κ1) is 22.2. The molecule has 2 heterocycles. The SMILES string of the molecule is COc1cc2c(cc1NCC(=O)c1c(N)n(CC(C)C)c(=O)n(C)c1=O)oc1ccccc12. The summed E-state index contributed by atoms with van der Waals surface area (Å²) in [4.78, 5) is 38.2. The topological polar surface area (TPSA) is 121 Å². The fraction of sp³-hybridized carbons (Fsp3) is 0.292. The molecule has 2 aromatic carbocycles. The van der Waals surface area contributed by atoms with Crippen molar-refractivity contribution < 1.29 is 13.9 Å². The van der Waals surface area contributed by atoms with Crippen molar-refractivity contribution in [3.8, 4) is 5.75 Å². The van der Waals surface area contributed by atoms with Gasteiger partial charge >= 0.3 is 5.69 Å². The van der Waals surface area contributed by atoms with Crippen molar-refractivity contribution in [3.63, 3.8) is 0 Å². The Morgan fingerprint density at radius 3 is 2.58 bits per heavy atom. The van der Waals surface area contributed by atoms with Crippen LogP contribution in [0.1, 0.15) is 24.2 Å². The number of rotatable bonds is 7. The number of anilines is 2. The van der Waals surface area contributed by atoms with Crippen molar-refractivity contribution in [2.45, 2.75) is 20.4 Å². The maximum Gasteiger partial charge on any atom is 0.332 e. The van der Waals surface area contributed by atoms with Gasteiger partial charge < -0.3 is 20.2 Å². The standard InChI is InChI=1S/C24H26N4O5/c1-13(2)12-28-22(25)21(23(30)27(3)24(28)31)17(29)11-26-16-10-19-15(9-20(16)32-4)14-7-5-6-8-18(14)33-19/h5-10,13,26H,11-12,25H2,1-4H3. The Balaban J connectivity index is 1.69. The number of hydrogen-bond acceptors (Lipinski definition) is 7. The molecule has 0 unspecified atom stereocenters. The number of nitrogens with two attached hydrogens (primary N) is 1. The third-order valence-electron chi connectivity index (χ3n) is 5.55. The largest absolute Gasteiger partial charge is 0.495 e. The fourth-order valence-corrected chi connectivity index (χ4v) is 3.91. The van der Waals surface area contributed by atoms with Gasteiger partial charge in [0, 0.05) is 30.4 Å². The van der Waals surface area contributed by atoms with E-state index in [1.165, 1.54) is 18.7 Å². The van der Waals surface area contributed by atoms with Gasteiger partial charge in [-0.15, -0.1) is 0 Å². The Kier molecular flexibility index (Phi) is 5.71. The molecule has 4 aromatic rings. The molecule has 3 N–H and O–H groups in total. The van der Waals surface area contributed by atoms with Crippen LogP contribution in [0.2, 0.25) is 0 Å². The smallest absolute Gasteiger partial charge is 0.332 e. The van der Waals surface area contributed by atoms with E-state index < -0.39 is 17.0 Å². The Hall–Kier alpha value is -4.01. The van der Waals surface area contributed by atoms with Crippen molar-refractivity contribution in [2.24, 2.45) is 13.0 Å². The second-order valence-corrected chi connectivity index (χ2v) is 8.34. The normalized spacial score (nSPS) is 11.4. The summed E-state index contributed by atoms with van der Waals surface area (Å²) in [5.74, 6) is -0.0310. The highest BCUT2D eigenvalue weighted by atomic mass is 16.5. The number of carbonyl (C=O) groups excluding carboxylic acids is 1. The summed E-state index contributed by atoms with van der Waals surface area (Å²) in [6.45, 7) is 3.91. The third-order valence-corrected chi connectivity index (χ3v) is 5.55. The number of hydrogen-bond donors (Lipinski definition) is 2. The summed E-state index contributed by atoms with van der Waals surface area (Å²) in [6, 6.07) is 11.2. The molecule has 9 nitrogen and oxygen atoms in total. The van der Waals surface area contributed by atoms with Crippen LogP contribution >= 0.6 is 0 Å². The molecular weight excluding hydrogens is 424 g/mol. The zero-order chi connectivity index (χ0) is 23.9. The Morgan fingerprint density at radius 1 is 1.15 bits per heavy atom. The van der Waals surface area contributed by atoms with E-state index in [1.54, 1.807) is 6.07 Å². The number of nitrogens with one attached hydrogen (secondary N) is 1. The predicted molar refractivity (Wildman–Crippen MR) is 128 cm³/mol. The van der Waals surface area contributed by atoms with Crippen molar-refractivity contribution in [1.82, 2.24) is 9.13 Å². The van der Waals surface area contributed by atoms with Crippen molar-refractivity contribution in [1.29, 1.82) is 0 Å². The molecule has 33 heavy (non-hydrogen) atoms. The number of Topliss-reactive ketones (excluding diaryl/α,β-unsaturated/α-hetero) is 1. The Bertz CT molecular complexity index is 1490. The van der Waals surface area contributed by atoms with E-state index in [9.17, 15) is 14.4 Å². The minimum Gasteiger partial charge on any atom is -0.495 e. The zero-order valence-electron chi connectivity index (χ0n) is 19.0. The van der Waals surface area contributed by atoms with E-state index in [0.717, 1.165) is 20.9 Å². The van der Waals surface area contributed by atoms with E-state index in [1.807, 2.05) is 44.2 Å². The van der Waals surface area contributed by atoms with Gasteiger partial charge in [-0.1, -0.05) is 32.0 Å². The predicted octanol–water partition coefficient (Wildman–Crippen LogP) is 2.99. The molecule has 0 aliphatic carbocycles. The minimum atomic E-state index is -0.719. The molecule has 0 amide bonds. The first-order valence-electron chi connectivity index (χ1n) is 10.6. The molecule has 0 atom stereocenters.